The van der Waals surface area contributed by atoms with Gasteiger partial charge in [0.25, 0.3) is 5.56 Å². The molecule has 1 aromatic rings. The van der Waals surface area contributed by atoms with Gasteiger partial charge >= 0.3 is 5.97 Å². The largest absolute Gasteiger partial charge is 0.464 e. The van der Waals surface area contributed by atoms with Gasteiger partial charge in [-0.2, -0.15) is 0 Å². The Balaban J connectivity index is 2.95. The molecule has 1 rings (SSSR count). The number of nitrogens with zero attached hydrogens (tertiary/aromatic N) is 2. The van der Waals surface area contributed by atoms with Crippen molar-refractivity contribution in [2.75, 3.05) is 13.0 Å². The third kappa shape index (κ3) is 3.06. The number of aromatic nitrogens is 2. The second-order valence-electron chi connectivity index (χ2n) is 2.84. The van der Waals surface area contributed by atoms with Crippen LogP contribution in [-0.2, 0) is 11.3 Å². The first-order chi connectivity index (χ1) is 7.19. The first-order valence-corrected chi connectivity index (χ1v) is 4.93. The second-order valence-corrected chi connectivity index (χ2v) is 3.22. The number of halogens is 1. The number of alkyl halides is 1. The molecule has 0 N–H and O–H groups in total. The molecule has 15 heavy (non-hydrogen) atoms. The zero-order valence-electron chi connectivity index (χ0n) is 8.27. The number of carbonyl (C=O) groups excluding carboxylic acids is 1. The number of hydrogen-bond donors (Lipinski definition) is 0. The standard InChI is InChI=1S/C9H11ClN2O3/c1-15-9(14)7-6-12(4-2-3-10)8(13)5-11-7/h5-6H,2-4H2,1H3. The lowest BCUT2D eigenvalue weighted by Gasteiger charge is -2.04. The van der Waals surface area contributed by atoms with Crippen LogP contribution >= 0.6 is 11.6 Å². The zero-order valence-corrected chi connectivity index (χ0v) is 9.03. The summed E-state index contributed by atoms with van der Waals surface area (Å²) in [7, 11) is 1.26. The van der Waals surface area contributed by atoms with Gasteiger partial charge in [-0.05, 0) is 6.42 Å². The molecule has 0 atom stereocenters. The lowest BCUT2D eigenvalue weighted by atomic mass is 10.4. The maximum absolute atomic E-state index is 11.3. The van der Waals surface area contributed by atoms with Crippen molar-refractivity contribution in [3.05, 3.63) is 28.4 Å². The number of ether oxygens (including phenoxy) is 1. The molecule has 0 fully saturated rings. The third-order valence-electron chi connectivity index (χ3n) is 1.80. The van der Waals surface area contributed by atoms with Gasteiger partial charge in [-0.15, -0.1) is 11.6 Å². The molecule has 0 aromatic carbocycles. The molecular weight excluding hydrogens is 220 g/mol. The topological polar surface area (TPSA) is 61.2 Å². The predicted octanol–water partition coefficient (Wildman–Crippen LogP) is 0.659. The molecule has 0 saturated carbocycles. The van der Waals surface area contributed by atoms with Crippen molar-refractivity contribution in [3.8, 4) is 0 Å². The normalized spacial score (nSPS) is 10.0. The summed E-state index contributed by atoms with van der Waals surface area (Å²) in [4.78, 5) is 26.1. The molecule has 0 bridgehead atoms. The first kappa shape index (κ1) is 11.7. The van der Waals surface area contributed by atoms with Gasteiger partial charge in [0.05, 0.1) is 13.3 Å². The van der Waals surface area contributed by atoms with Gasteiger partial charge in [-0.3, -0.25) is 4.79 Å². The minimum atomic E-state index is -0.561. The Bertz CT molecular complexity index is 403. The highest BCUT2D eigenvalue weighted by atomic mass is 35.5. The Labute approximate surface area is 91.6 Å². The van der Waals surface area contributed by atoms with Gasteiger partial charge in [0.2, 0.25) is 0 Å². The Morgan fingerprint density at radius 2 is 2.40 bits per heavy atom. The fourth-order valence-corrected chi connectivity index (χ4v) is 1.18. The molecule has 6 heteroatoms. The van der Waals surface area contributed by atoms with E-state index in [1.54, 1.807) is 0 Å². The van der Waals surface area contributed by atoms with E-state index in [9.17, 15) is 9.59 Å². The van der Waals surface area contributed by atoms with E-state index in [1.807, 2.05) is 0 Å². The molecule has 0 amide bonds. The van der Waals surface area contributed by atoms with E-state index in [-0.39, 0.29) is 11.3 Å². The van der Waals surface area contributed by atoms with Crippen molar-refractivity contribution in [2.24, 2.45) is 0 Å². The molecule has 1 aromatic heterocycles. The highest BCUT2D eigenvalue weighted by molar-refractivity contribution is 6.17. The quantitative estimate of drug-likeness (QED) is 0.563. The van der Waals surface area contributed by atoms with Crippen molar-refractivity contribution in [1.29, 1.82) is 0 Å². The predicted molar refractivity (Wildman–Crippen MR) is 55.2 cm³/mol. The molecular formula is C9H11ClN2O3. The summed E-state index contributed by atoms with van der Waals surface area (Å²) in [6, 6.07) is 0. The number of aryl methyl sites for hydroxylation is 1. The van der Waals surface area contributed by atoms with Crippen molar-refractivity contribution in [3.63, 3.8) is 0 Å². The van der Waals surface area contributed by atoms with Gasteiger partial charge < -0.3 is 9.30 Å². The van der Waals surface area contributed by atoms with Crippen LogP contribution in [0, 0.1) is 0 Å². The Kier molecular flexibility index (Phi) is 4.30. The molecule has 1 heterocycles. The van der Waals surface area contributed by atoms with Crippen LogP contribution < -0.4 is 5.56 Å². The van der Waals surface area contributed by atoms with Gasteiger partial charge in [0, 0.05) is 18.6 Å². The fourth-order valence-electron chi connectivity index (χ4n) is 1.06. The molecule has 82 valence electrons. The van der Waals surface area contributed by atoms with Crippen LogP contribution in [0.4, 0.5) is 0 Å². The van der Waals surface area contributed by atoms with Gasteiger partial charge in [-0.1, -0.05) is 0 Å². The van der Waals surface area contributed by atoms with Crippen LogP contribution in [-0.4, -0.2) is 28.5 Å². The lowest BCUT2D eigenvalue weighted by molar-refractivity contribution is 0.0592. The maximum atomic E-state index is 11.3. The highest BCUT2D eigenvalue weighted by Gasteiger charge is 2.08. The van der Waals surface area contributed by atoms with E-state index in [0.29, 0.717) is 18.8 Å². The van der Waals surface area contributed by atoms with Crippen LogP contribution in [0.2, 0.25) is 0 Å². The molecule has 0 aliphatic carbocycles. The summed E-state index contributed by atoms with van der Waals surface area (Å²) < 4.78 is 5.88. The van der Waals surface area contributed by atoms with E-state index in [1.165, 1.54) is 17.9 Å². The molecule has 0 unspecified atom stereocenters. The summed E-state index contributed by atoms with van der Waals surface area (Å²) >= 11 is 5.51. The molecule has 0 spiro atoms. The molecule has 0 saturated heterocycles. The van der Waals surface area contributed by atoms with Crippen molar-refractivity contribution >= 4 is 17.6 Å². The van der Waals surface area contributed by atoms with Gasteiger partial charge in [0.15, 0.2) is 5.69 Å². The summed E-state index contributed by atoms with van der Waals surface area (Å²) in [5, 5.41) is 0. The Morgan fingerprint density at radius 1 is 1.67 bits per heavy atom. The summed E-state index contributed by atoms with van der Waals surface area (Å²) in [6.07, 6.45) is 3.13. The van der Waals surface area contributed by atoms with E-state index < -0.39 is 5.97 Å². The number of esters is 1. The minimum absolute atomic E-state index is 0.117. The lowest BCUT2D eigenvalue weighted by Crippen LogP contribution is -2.22. The summed E-state index contributed by atoms with van der Waals surface area (Å²) in [5.41, 5.74) is -0.139. The Morgan fingerprint density at radius 3 is 3.00 bits per heavy atom. The van der Waals surface area contributed by atoms with Crippen LogP contribution in [0.25, 0.3) is 0 Å². The number of methoxy groups -OCH3 is 1. The smallest absolute Gasteiger partial charge is 0.358 e. The highest BCUT2D eigenvalue weighted by Crippen LogP contribution is 1.96. The van der Waals surface area contributed by atoms with Gasteiger partial charge in [0.1, 0.15) is 0 Å². The molecule has 0 aliphatic heterocycles. The van der Waals surface area contributed by atoms with Crippen LogP contribution in [0.5, 0.6) is 0 Å². The van der Waals surface area contributed by atoms with Crippen molar-refractivity contribution in [1.82, 2.24) is 9.55 Å². The number of hydrogen-bond acceptors (Lipinski definition) is 4. The Hall–Kier alpha value is -1.36. The van der Waals surface area contributed by atoms with Crippen LogP contribution in [0.1, 0.15) is 16.9 Å². The monoisotopic (exact) mass is 230 g/mol. The van der Waals surface area contributed by atoms with Crippen molar-refractivity contribution < 1.29 is 9.53 Å². The summed E-state index contributed by atoms with van der Waals surface area (Å²) in [6.45, 7) is 0.467. The van der Waals surface area contributed by atoms with E-state index in [2.05, 4.69) is 9.72 Å². The maximum Gasteiger partial charge on any atom is 0.358 e. The average Bonchev–Trinajstić information content (AvgIpc) is 2.27. The first-order valence-electron chi connectivity index (χ1n) is 4.40. The van der Waals surface area contributed by atoms with E-state index >= 15 is 0 Å². The molecule has 0 aliphatic rings. The molecule has 0 radical (unpaired) electrons. The summed E-state index contributed by atoms with van der Waals surface area (Å²) in [5.74, 6) is -0.0999. The van der Waals surface area contributed by atoms with Gasteiger partial charge in [-0.25, -0.2) is 9.78 Å². The van der Waals surface area contributed by atoms with Crippen molar-refractivity contribution in [2.45, 2.75) is 13.0 Å². The van der Waals surface area contributed by atoms with E-state index in [4.69, 9.17) is 11.6 Å². The average molecular weight is 231 g/mol. The van der Waals surface area contributed by atoms with Crippen LogP contribution in [0.3, 0.4) is 0 Å². The van der Waals surface area contributed by atoms with E-state index in [0.717, 1.165) is 6.20 Å². The fraction of sp³-hybridized carbons (Fsp3) is 0.444. The zero-order chi connectivity index (χ0) is 11.3. The SMILES string of the molecule is COC(=O)c1cn(CCCCl)c(=O)cn1. The number of carbonyl (C=O) groups is 1. The third-order valence-corrected chi connectivity index (χ3v) is 2.07. The second kappa shape index (κ2) is 5.50. The molecule has 5 nitrogen and oxygen atoms in total. The minimum Gasteiger partial charge on any atom is -0.464 e. The number of rotatable bonds is 4. The van der Waals surface area contributed by atoms with Crippen LogP contribution in [0.15, 0.2) is 17.2 Å².